The summed E-state index contributed by atoms with van der Waals surface area (Å²) in [7, 11) is -0.645. The van der Waals surface area contributed by atoms with Gasteiger partial charge in [0.1, 0.15) is 0 Å². The van der Waals surface area contributed by atoms with Crippen molar-refractivity contribution in [3.05, 3.63) is 0 Å². The molecule has 0 aliphatic heterocycles. The summed E-state index contributed by atoms with van der Waals surface area (Å²) in [6, 6.07) is 0. The molecule has 2 N–H and O–H groups in total. The van der Waals surface area contributed by atoms with E-state index in [1.54, 1.807) is 0 Å². The molecular weight excluding hydrogens is 158 g/mol. The van der Waals surface area contributed by atoms with Crippen molar-refractivity contribution in [3.8, 4) is 0 Å². The second-order valence-electron chi connectivity index (χ2n) is 2.83. The van der Waals surface area contributed by atoms with Crippen molar-refractivity contribution in [2.24, 2.45) is 5.73 Å². The van der Waals surface area contributed by atoms with Crippen LogP contribution in [0.1, 0.15) is 33.1 Å². The fourth-order valence-electron chi connectivity index (χ4n) is 0.965. The number of rotatable bonds is 6. The first kappa shape index (κ1) is 11.1. The van der Waals surface area contributed by atoms with Gasteiger partial charge in [0.05, 0.1) is 0 Å². The van der Waals surface area contributed by atoms with E-state index in [2.05, 4.69) is 13.8 Å². The zero-order valence-corrected chi connectivity index (χ0v) is 8.32. The molecule has 0 saturated carbocycles. The lowest BCUT2D eigenvalue weighted by Gasteiger charge is -2.08. The highest BCUT2D eigenvalue weighted by Crippen LogP contribution is 2.04. The van der Waals surface area contributed by atoms with Crippen LogP contribution in [0.25, 0.3) is 0 Å². The van der Waals surface area contributed by atoms with Gasteiger partial charge in [0.15, 0.2) is 0 Å². The Labute approximate surface area is 72.0 Å². The Kier molecular flexibility index (Phi) is 6.87. The Balaban J connectivity index is 3.47. The SMILES string of the molecule is CCCC(C)S(=O)CCCN. The number of nitrogens with two attached hydrogens (primary N) is 1. The van der Waals surface area contributed by atoms with E-state index in [0.29, 0.717) is 11.8 Å². The highest BCUT2D eigenvalue weighted by atomic mass is 32.2. The molecular formula is C8H19NOS. The van der Waals surface area contributed by atoms with Crippen LogP contribution in [0.3, 0.4) is 0 Å². The molecule has 0 bridgehead atoms. The van der Waals surface area contributed by atoms with Gasteiger partial charge in [-0.2, -0.15) is 0 Å². The lowest BCUT2D eigenvalue weighted by Crippen LogP contribution is -2.15. The molecule has 68 valence electrons. The lowest BCUT2D eigenvalue weighted by atomic mass is 10.3. The van der Waals surface area contributed by atoms with Gasteiger partial charge in [-0.3, -0.25) is 4.21 Å². The van der Waals surface area contributed by atoms with Crippen LogP contribution in [-0.4, -0.2) is 21.8 Å². The minimum Gasteiger partial charge on any atom is -0.330 e. The lowest BCUT2D eigenvalue weighted by molar-refractivity contribution is 0.659. The predicted molar refractivity (Wildman–Crippen MR) is 51.1 cm³/mol. The number of hydrogen-bond acceptors (Lipinski definition) is 2. The Morgan fingerprint density at radius 2 is 2.18 bits per heavy atom. The highest BCUT2D eigenvalue weighted by Gasteiger charge is 2.08. The molecule has 0 aromatic rings. The van der Waals surface area contributed by atoms with Gasteiger partial charge in [-0.05, 0) is 19.4 Å². The average molecular weight is 177 g/mol. The van der Waals surface area contributed by atoms with E-state index in [-0.39, 0.29) is 0 Å². The predicted octanol–water partition coefficient (Wildman–Crippen LogP) is 1.27. The first-order valence-electron chi connectivity index (χ1n) is 4.29. The zero-order chi connectivity index (χ0) is 8.69. The van der Waals surface area contributed by atoms with Crippen molar-refractivity contribution in [2.45, 2.75) is 38.4 Å². The van der Waals surface area contributed by atoms with Crippen LogP contribution < -0.4 is 5.73 Å². The Morgan fingerprint density at radius 1 is 1.55 bits per heavy atom. The van der Waals surface area contributed by atoms with Gasteiger partial charge in [0.25, 0.3) is 0 Å². The fourth-order valence-corrected chi connectivity index (χ4v) is 2.32. The summed E-state index contributed by atoms with van der Waals surface area (Å²) in [5.41, 5.74) is 5.32. The summed E-state index contributed by atoms with van der Waals surface area (Å²) < 4.78 is 11.3. The third kappa shape index (κ3) is 5.39. The maximum Gasteiger partial charge on any atom is 0.0319 e. The molecule has 3 heteroatoms. The standard InChI is InChI=1S/C8H19NOS/c1-3-5-8(2)11(10)7-4-6-9/h8H,3-7,9H2,1-2H3. The van der Waals surface area contributed by atoms with E-state index in [1.165, 1.54) is 0 Å². The van der Waals surface area contributed by atoms with Crippen LogP contribution in [0.2, 0.25) is 0 Å². The molecule has 0 aromatic heterocycles. The molecule has 0 radical (unpaired) electrons. The summed E-state index contributed by atoms with van der Waals surface area (Å²) in [5.74, 6) is 0.775. The molecule has 0 amide bonds. The van der Waals surface area contributed by atoms with E-state index in [4.69, 9.17) is 5.73 Å². The van der Waals surface area contributed by atoms with Crippen molar-refractivity contribution in [1.82, 2.24) is 0 Å². The smallest absolute Gasteiger partial charge is 0.0319 e. The maximum atomic E-state index is 11.3. The van der Waals surface area contributed by atoms with E-state index in [0.717, 1.165) is 25.0 Å². The van der Waals surface area contributed by atoms with Gasteiger partial charge >= 0.3 is 0 Å². The normalized spacial score (nSPS) is 16.3. The largest absolute Gasteiger partial charge is 0.330 e. The molecule has 0 heterocycles. The average Bonchev–Trinajstić information content (AvgIpc) is 2.00. The molecule has 2 nitrogen and oxygen atoms in total. The second-order valence-corrected chi connectivity index (χ2v) is 4.80. The van der Waals surface area contributed by atoms with Crippen molar-refractivity contribution in [2.75, 3.05) is 12.3 Å². The van der Waals surface area contributed by atoms with Gasteiger partial charge in [-0.15, -0.1) is 0 Å². The Bertz CT molecular complexity index is 117. The molecule has 11 heavy (non-hydrogen) atoms. The summed E-state index contributed by atoms with van der Waals surface area (Å²) in [5, 5.41) is 0.353. The Morgan fingerprint density at radius 3 is 2.64 bits per heavy atom. The molecule has 2 atom stereocenters. The summed E-state index contributed by atoms with van der Waals surface area (Å²) >= 11 is 0. The van der Waals surface area contributed by atoms with Crippen LogP contribution in [0.4, 0.5) is 0 Å². The monoisotopic (exact) mass is 177 g/mol. The molecule has 0 aliphatic rings. The zero-order valence-electron chi connectivity index (χ0n) is 7.51. The molecule has 0 fully saturated rings. The molecule has 0 aromatic carbocycles. The molecule has 0 rings (SSSR count). The van der Waals surface area contributed by atoms with E-state index < -0.39 is 10.8 Å². The highest BCUT2D eigenvalue weighted by molar-refractivity contribution is 7.85. The van der Waals surface area contributed by atoms with Gasteiger partial charge in [-0.1, -0.05) is 20.3 Å². The van der Waals surface area contributed by atoms with Crippen LogP contribution in [0, 0.1) is 0 Å². The second kappa shape index (κ2) is 6.80. The molecule has 0 aliphatic carbocycles. The minimum atomic E-state index is -0.645. The van der Waals surface area contributed by atoms with Crippen molar-refractivity contribution in [3.63, 3.8) is 0 Å². The Hall–Kier alpha value is 0.110. The minimum absolute atomic E-state index is 0.353. The summed E-state index contributed by atoms with van der Waals surface area (Å²) in [6.07, 6.45) is 3.08. The first-order chi connectivity index (χ1) is 5.22. The summed E-state index contributed by atoms with van der Waals surface area (Å²) in [6.45, 7) is 4.83. The van der Waals surface area contributed by atoms with Crippen molar-refractivity contribution < 1.29 is 4.21 Å². The van der Waals surface area contributed by atoms with Crippen LogP contribution >= 0.6 is 0 Å². The molecule has 0 spiro atoms. The van der Waals surface area contributed by atoms with E-state index in [9.17, 15) is 4.21 Å². The van der Waals surface area contributed by atoms with Crippen molar-refractivity contribution >= 4 is 10.8 Å². The van der Waals surface area contributed by atoms with Gasteiger partial charge in [0.2, 0.25) is 0 Å². The third-order valence-corrected chi connectivity index (χ3v) is 3.52. The van der Waals surface area contributed by atoms with Gasteiger partial charge in [-0.25, -0.2) is 0 Å². The van der Waals surface area contributed by atoms with E-state index >= 15 is 0 Å². The first-order valence-corrected chi connectivity index (χ1v) is 5.67. The fraction of sp³-hybridized carbons (Fsp3) is 1.00. The summed E-state index contributed by atoms with van der Waals surface area (Å²) in [4.78, 5) is 0. The topological polar surface area (TPSA) is 43.1 Å². The molecule has 2 unspecified atom stereocenters. The van der Waals surface area contributed by atoms with Gasteiger partial charge in [0, 0.05) is 21.8 Å². The third-order valence-electron chi connectivity index (χ3n) is 1.69. The quantitative estimate of drug-likeness (QED) is 0.664. The van der Waals surface area contributed by atoms with Gasteiger partial charge < -0.3 is 5.73 Å². The molecule has 0 saturated heterocycles. The number of hydrogen-bond donors (Lipinski definition) is 1. The van der Waals surface area contributed by atoms with E-state index in [1.807, 2.05) is 0 Å². The maximum absolute atomic E-state index is 11.3. The van der Waals surface area contributed by atoms with Crippen LogP contribution in [0.5, 0.6) is 0 Å². The van der Waals surface area contributed by atoms with Crippen LogP contribution in [-0.2, 0) is 10.8 Å². The van der Waals surface area contributed by atoms with Crippen molar-refractivity contribution in [1.29, 1.82) is 0 Å². The van der Waals surface area contributed by atoms with Crippen LogP contribution in [0.15, 0.2) is 0 Å².